The van der Waals surface area contributed by atoms with Gasteiger partial charge < -0.3 is 20.2 Å². The predicted molar refractivity (Wildman–Crippen MR) is 105 cm³/mol. The van der Waals surface area contributed by atoms with Crippen molar-refractivity contribution in [1.82, 2.24) is 15.0 Å². The minimum absolute atomic E-state index is 0.00633. The standard InChI is InChI=1S/C20H19ClF2N4O3/c21-13-8-16-18(26-19(13)29-9-12-14(22)2-1-3-15(12)23)27-20(25-16)30-11-6-4-10(5-7-11)17(24)28/h1-3,8,10-11H,4-7,9H2,(H2,24,28)(H,25,26,27). The van der Waals surface area contributed by atoms with E-state index < -0.39 is 11.6 Å². The first-order valence-electron chi connectivity index (χ1n) is 9.48. The third-order valence-corrected chi connectivity index (χ3v) is 5.41. The number of imidazole rings is 1. The first kappa shape index (κ1) is 20.3. The summed E-state index contributed by atoms with van der Waals surface area (Å²) in [6.07, 6.45) is 2.66. The van der Waals surface area contributed by atoms with Gasteiger partial charge in [0.15, 0.2) is 5.65 Å². The molecular weight excluding hydrogens is 418 g/mol. The summed E-state index contributed by atoms with van der Waals surface area (Å²) in [4.78, 5) is 22.8. The smallest absolute Gasteiger partial charge is 0.296 e. The van der Waals surface area contributed by atoms with E-state index in [-0.39, 0.29) is 47.0 Å². The van der Waals surface area contributed by atoms with Crippen LogP contribution >= 0.6 is 11.6 Å². The summed E-state index contributed by atoms with van der Waals surface area (Å²) >= 11 is 6.19. The molecule has 0 unspecified atom stereocenters. The van der Waals surface area contributed by atoms with Gasteiger partial charge in [-0.1, -0.05) is 17.7 Å². The van der Waals surface area contributed by atoms with Gasteiger partial charge in [-0.3, -0.25) is 4.79 Å². The predicted octanol–water partition coefficient (Wildman–Crippen LogP) is 3.89. The normalized spacial score (nSPS) is 19.0. The number of hydrogen-bond donors (Lipinski definition) is 2. The molecule has 4 rings (SSSR count). The quantitative estimate of drug-likeness (QED) is 0.610. The Morgan fingerprint density at radius 1 is 1.20 bits per heavy atom. The Morgan fingerprint density at radius 3 is 2.57 bits per heavy atom. The van der Waals surface area contributed by atoms with Crippen molar-refractivity contribution in [1.29, 1.82) is 0 Å². The van der Waals surface area contributed by atoms with Crippen LogP contribution in [-0.2, 0) is 11.4 Å². The highest BCUT2D eigenvalue weighted by atomic mass is 35.5. The number of primary amides is 1. The number of nitrogens with one attached hydrogen (secondary N) is 1. The van der Waals surface area contributed by atoms with E-state index in [1.807, 2.05) is 0 Å². The van der Waals surface area contributed by atoms with Gasteiger partial charge in [0.25, 0.3) is 6.01 Å². The van der Waals surface area contributed by atoms with E-state index in [4.69, 9.17) is 26.8 Å². The van der Waals surface area contributed by atoms with Crippen molar-refractivity contribution < 1.29 is 23.0 Å². The summed E-state index contributed by atoms with van der Waals surface area (Å²) in [5.41, 5.74) is 5.96. The number of ether oxygens (including phenoxy) is 2. The minimum Gasteiger partial charge on any atom is -0.471 e. The maximum Gasteiger partial charge on any atom is 0.296 e. The molecule has 2 aromatic heterocycles. The van der Waals surface area contributed by atoms with E-state index in [1.54, 1.807) is 6.07 Å². The summed E-state index contributed by atoms with van der Waals surface area (Å²) in [7, 11) is 0. The number of fused-ring (bicyclic) bond motifs is 1. The molecule has 0 aliphatic heterocycles. The Labute approximate surface area is 175 Å². The van der Waals surface area contributed by atoms with E-state index >= 15 is 0 Å². The zero-order valence-corrected chi connectivity index (χ0v) is 16.6. The fraction of sp³-hybridized carbons (Fsp3) is 0.350. The third-order valence-electron chi connectivity index (χ3n) is 5.14. The molecule has 1 amide bonds. The van der Waals surface area contributed by atoms with Crippen LogP contribution in [0.25, 0.3) is 11.2 Å². The van der Waals surface area contributed by atoms with Crippen LogP contribution in [0.2, 0.25) is 5.02 Å². The van der Waals surface area contributed by atoms with E-state index in [0.717, 1.165) is 12.1 Å². The molecule has 158 valence electrons. The van der Waals surface area contributed by atoms with Gasteiger partial charge in [0.1, 0.15) is 29.4 Å². The molecule has 1 aliphatic carbocycles. The van der Waals surface area contributed by atoms with E-state index in [9.17, 15) is 13.6 Å². The second kappa shape index (κ2) is 8.43. The molecule has 1 saturated carbocycles. The lowest BCUT2D eigenvalue weighted by molar-refractivity contribution is -0.123. The number of rotatable bonds is 6. The second-order valence-corrected chi connectivity index (χ2v) is 7.58. The van der Waals surface area contributed by atoms with Crippen molar-refractivity contribution in [3.63, 3.8) is 0 Å². The van der Waals surface area contributed by atoms with E-state index in [0.29, 0.717) is 36.8 Å². The third kappa shape index (κ3) is 4.30. The van der Waals surface area contributed by atoms with Crippen LogP contribution in [-0.4, -0.2) is 27.0 Å². The highest BCUT2D eigenvalue weighted by Crippen LogP contribution is 2.30. The molecule has 30 heavy (non-hydrogen) atoms. The fourth-order valence-electron chi connectivity index (χ4n) is 3.47. The molecule has 0 bridgehead atoms. The number of halogens is 3. The Bertz CT molecular complexity index is 1060. The Morgan fingerprint density at radius 2 is 1.90 bits per heavy atom. The molecule has 10 heteroatoms. The summed E-state index contributed by atoms with van der Waals surface area (Å²) in [6.45, 7) is -0.367. The number of aromatic nitrogens is 3. The molecule has 0 saturated heterocycles. The monoisotopic (exact) mass is 436 g/mol. The van der Waals surface area contributed by atoms with Crippen molar-refractivity contribution in [3.8, 4) is 11.9 Å². The molecule has 1 aromatic carbocycles. The number of aromatic amines is 1. The van der Waals surface area contributed by atoms with Crippen LogP contribution < -0.4 is 15.2 Å². The van der Waals surface area contributed by atoms with Crippen molar-refractivity contribution in [2.75, 3.05) is 0 Å². The molecule has 2 heterocycles. The lowest BCUT2D eigenvalue weighted by Gasteiger charge is -2.26. The number of carbonyl (C=O) groups excluding carboxylic acids is 1. The summed E-state index contributed by atoms with van der Waals surface area (Å²) in [5, 5.41) is 0.163. The maximum absolute atomic E-state index is 13.8. The zero-order chi connectivity index (χ0) is 21.3. The number of nitrogens with two attached hydrogens (primary N) is 1. The zero-order valence-electron chi connectivity index (χ0n) is 15.8. The van der Waals surface area contributed by atoms with Crippen molar-refractivity contribution in [2.45, 2.75) is 38.4 Å². The molecule has 7 nitrogen and oxygen atoms in total. The minimum atomic E-state index is -0.714. The number of amides is 1. The van der Waals surface area contributed by atoms with Crippen LogP contribution in [0.3, 0.4) is 0 Å². The number of H-pyrrole nitrogens is 1. The van der Waals surface area contributed by atoms with Crippen LogP contribution in [0, 0.1) is 17.6 Å². The maximum atomic E-state index is 13.8. The van der Waals surface area contributed by atoms with Gasteiger partial charge in [0, 0.05) is 5.92 Å². The highest BCUT2D eigenvalue weighted by molar-refractivity contribution is 6.32. The average molecular weight is 437 g/mol. The van der Waals surface area contributed by atoms with E-state index in [2.05, 4.69) is 15.0 Å². The summed E-state index contributed by atoms with van der Waals surface area (Å²) < 4.78 is 38.8. The fourth-order valence-corrected chi connectivity index (χ4v) is 3.68. The average Bonchev–Trinajstić information content (AvgIpc) is 3.08. The Balaban J connectivity index is 1.46. The van der Waals surface area contributed by atoms with Gasteiger partial charge in [-0.05, 0) is 43.9 Å². The first-order valence-corrected chi connectivity index (χ1v) is 9.86. The highest BCUT2D eigenvalue weighted by Gasteiger charge is 2.26. The van der Waals surface area contributed by atoms with Crippen molar-refractivity contribution in [2.24, 2.45) is 11.7 Å². The first-order chi connectivity index (χ1) is 14.4. The van der Waals surface area contributed by atoms with Crippen LogP contribution in [0.4, 0.5) is 8.78 Å². The molecule has 3 aromatic rings. The van der Waals surface area contributed by atoms with Gasteiger partial charge >= 0.3 is 0 Å². The lowest BCUT2D eigenvalue weighted by atomic mass is 9.87. The molecule has 1 fully saturated rings. The number of pyridine rings is 1. The topological polar surface area (TPSA) is 103 Å². The van der Waals surface area contributed by atoms with Gasteiger partial charge in [0.2, 0.25) is 11.8 Å². The molecular formula is C20H19ClF2N4O3. The second-order valence-electron chi connectivity index (χ2n) is 7.17. The van der Waals surface area contributed by atoms with Crippen LogP contribution in [0.15, 0.2) is 24.3 Å². The summed E-state index contributed by atoms with van der Waals surface area (Å²) in [6, 6.07) is 5.40. The van der Waals surface area contributed by atoms with Gasteiger partial charge in [0.05, 0.1) is 11.1 Å². The van der Waals surface area contributed by atoms with Crippen molar-refractivity contribution in [3.05, 3.63) is 46.5 Å². The van der Waals surface area contributed by atoms with Crippen LogP contribution in [0.5, 0.6) is 11.9 Å². The summed E-state index contributed by atoms with van der Waals surface area (Å²) in [5.74, 6) is -1.81. The van der Waals surface area contributed by atoms with Crippen molar-refractivity contribution >= 4 is 28.7 Å². The van der Waals surface area contributed by atoms with E-state index in [1.165, 1.54) is 6.07 Å². The number of hydrogen-bond acceptors (Lipinski definition) is 5. The number of benzene rings is 1. The Hall–Kier alpha value is -2.94. The van der Waals surface area contributed by atoms with Gasteiger partial charge in [-0.2, -0.15) is 9.97 Å². The largest absolute Gasteiger partial charge is 0.471 e. The number of carbonyl (C=O) groups is 1. The molecule has 0 radical (unpaired) electrons. The lowest BCUT2D eigenvalue weighted by Crippen LogP contribution is -2.31. The number of nitrogens with zero attached hydrogens (tertiary/aromatic N) is 2. The molecule has 0 spiro atoms. The SMILES string of the molecule is NC(=O)C1CCC(Oc2nc3nc(OCc4c(F)cccc4F)c(Cl)cc3[nH]2)CC1. The molecule has 1 aliphatic rings. The van der Waals surface area contributed by atoms with Gasteiger partial charge in [-0.15, -0.1) is 0 Å². The Kier molecular flexibility index (Phi) is 5.72. The van der Waals surface area contributed by atoms with Gasteiger partial charge in [-0.25, -0.2) is 8.78 Å². The molecule has 3 N–H and O–H groups in total. The van der Waals surface area contributed by atoms with Crippen LogP contribution in [0.1, 0.15) is 31.2 Å². The molecule has 0 atom stereocenters.